The number of benzene rings is 2. The fourth-order valence-corrected chi connectivity index (χ4v) is 4.90. The number of amides is 5. The summed E-state index contributed by atoms with van der Waals surface area (Å²) in [6, 6.07) is 9.95. The van der Waals surface area contributed by atoms with Gasteiger partial charge in [0.1, 0.15) is 11.7 Å². The van der Waals surface area contributed by atoms with Gasteiger partial charge in [0, 0.05) is 41.3 Å². The van der Waals surface area contributed by atoms with Crippen molar-refractivity contribution in [1.29, 1.82) is 0 Å². The summed E-state index contributed by atoms with van der Waals surface area (Å²) >= 11 is 6.17. The summed E-state index contributed by atoms with van der Waals surface area (Å²) in [7, 11) is 0. The Kier molecular flexibility index (Phi) is 6.47. The van der Waals surface area contributed by atoms with Crippen molar-refractivity contribution in [1.82, 2.24) is 15.1 Å². The zero-order chi connectivity index (χ0) is 26.3. The van der Waals surface area contributed by atoms with Gasteiger partial charge in [-0.25, -0.2) is 4.79 Å². The summed E-state index contributed by atoms with van der Waals surface area (Å²) < 4.78 is 0. The van der Waals surface area contributed by atoms with Crippen LogP contribution in [0.25, 0.3) is 0 Å². The Labute approximate surface area is 219 Å². The number of hydrogen-bond donors (Lipinski definition) is 3. The first-order valence-corrected chi connectivity index (χ1v) is 12.4. The molecule has 10 heteroatoms. The topological polar surface area (TPSA) is 111 Å². The first-order chi connectivity index (χ1) is 17.7. The number of nitrogens with zero attached hydrogens (tertiary/aromatic N) is 2. The number of fused-ring (bicyclic) bond motifs is 1. The van der Waals surface area contributed by atoms with Crippen molar-refractivity contribution in [2.75, 3.05) is 17.2 Å². The van der Waals surface area contributed by atoms with Gasteiger partial charge < -0.3 is 20.9 Å². The molecule has 2 aromatic rings. The summed E-state index contributed by atoms with van der Waals surface area (Å²) in [6.45, 7) is 6.58. The maximum atomic E-state index is 13.0. The van der Waals surface area contributed by atoms with Crippen LogP contribution in [0.15, 0.2) is 60.4 Å². The van der Waals surface area contributed by atoms with Crippen molar-refractivity contribution in [3.63, 3.8) is 0 Å². The third kappa shape index (κ3) is 4.95. The number of piperidine rings is 1. The number of halogens is 1. The van der Waals surface area contributed by atoms with Crippen molar-refractivity contribution >= 4 is 46.7 Å². The lowest BCUT2D eigenvalue weighted by Crippen LogP contribution is -2.52. The van der Waals surface area contributed by atoms with Gasteiger partial charge in [-0.3, -0.25) is 19.3 Å². The molecule has 3 aliphatic rings. The zero-order valence-electron chi connectivity index (χ0n) is 20.3. The van der Waals surface area contributed by atoms with Crippen LogP contribution in [0.2, 0.25) is 5.02 Å². The molecular formula is C27H26ClN5O4. The summed E-state index contributed by atoms with van der Waals surface area (Å²) in [5.41, 5.74) is 4.89. The van der Waals surface area contributed by atoms with Gasteiger partial charge in [-0.15, -0.1) is 0 Å². The van der Waals surface area contributed by atoms with Gasteiger partial charge in [-0.1, -0.05) is 30.3 Å². The van der Waals surface area contributed by atoms with Gasteiger partial charge in [0.2, 0.25) is 5.91 Å². The molecule has 0 bridgehead atoms. The Bertz CT molecular complexity index is 1380. The Balaban J connectivity index is 1.26. The molecule has 0 spiro atoms. The fraction of sp³-hybridized carbons (Fsp3) is 0.259. The van der Waals surface area contributed by atoms with E-state index in [0.717, 1.165) is 21.6 Å². The SMILES string of the molecule is C=C1CCC(N2C(=O)C=C(Nc3ccc4c(c3)CN(C(=O)Nc3ccc(C)c(Cl)c3)CC4)C2=O)C(=O)N1. The van der Waals surface area contributed by atoms with E-state index in [-0.39, 0.29) is 11.7 Å². The first-order valence-electron chi connectivity index (χ1n) is 12.0. The van der Waals surface area contributed by atoms with Crippen molar-refractivity contribution in [3.05, 3.63) is 82.2 Å². The molecule has 3 N–H and O–H groups in total. The molecule has 1 atom stereocenters. The Morgan fingerprint density at radius 2 is 1.86 bits per heavy atom. The van der Waals surface area contributed by atoms with E-state index in [4.69, 9.17) is 11.6 Å². The Morgan fingerprint density at radius 1 is 1.08 bits per heavy atom. The standard InChI is InChI=1S/C27H26ClN5O4/c1-15-3-6-20(12-21(15)28)31-27(37)32-10-9-17-5-7-19(11-18(17)14-32)30-22-13-24(34)33(26(22)36)23-8-4-16(2)29-25(23)35/h3,5-7,11-13,23,30H,2,4,8-10,14H2,1H3,(H,29,35)(H,31,37). The second kappa shape index (κ2) is 9.74. The van der Waals surface area contributed by atoms with E-state index >= 15 is 0 Å². The minimum atomic E-state index is -0.861. The number of hydrogen-bond acceptors (Lipinski definition) is 5. The number of rotatable bonds is 4. The monoisotopic (exact) mass is 519 g/mol. The van der Waals surface area contributed by atoms with E-state index < -0.39 is 23.8 Å². The van der Waals surface area contributed by atoms with Crippen LogP contribution in [-0.4, -0.2) is 46.1 Å². The van der Waals surface area contributed by atoms with Crippen molar-refractivity contribution in [3.8, 4) is 0 Å². The fourth-order valence-electron chi connectivity index (χ4n) is 4.71. The van der Waals surface area contributed by atoms with Crippen molar-refractivity contribution < 1.29 is 19.2 Å². The molecule has 1 fully saturated rings. The highest BCUT2D eigenvalue weighted by molar-refractivity contribution is 6.31. The number of imide groups is 1. The third-order valence-electron chi connectivity index (χ3n) is 6.80. The lowest BCUT2D eigenvalue weighted by molar-refractivity contribution is -0.146. The summed E-state index contributed by atoms with van der Waals surface area (Å²) in [6.07, 6.45) is 2.75. The quantitative estimate of drug-likeness (QED) is 0.533. The van der Waals surface area contributed by atoms with Crippen LogP contribution >= 0.6 is 11.6 Å². The molecule has 5 rings (SSSR count). The number of carbonyl (C=O) groups is 4. The van der Waals surface area contributed by atoms with Crippen LogP contribution in [0.5, 0.6) is 0 Å². The molecule has 190 valence electrons. The lowest BCUT2D eigenvalue weighted by Gasteiger charge is -2.30. The van der Waals surface area contributed by atoms with E-state index in [1.807, 2.05) is 37.3 Å². The van der Waals surface area contributed by atoms with Gasteiger partial charge in [-0.2, -0.15) is 0 Å². The van der Waals surface area contributed by atoms with Crippen LogP contribution < -0.4 is 16.0 Å². The molecule has 0 aromatic heterocycles. The van der Waals surface area contributed by atoms with Gasteiger partial charge in [0.15, 0.2) is 0 Å². The number of carbonyl (C=O) groups excluding carboxylic acids is 4. The number of aryl methyl sites for hydroxylation is 1. The van der Waals surface area contributed by atoms with E-state index in [0.29, 0.717) is 54.4 Å². The van der Waals surface area contributed by atoms with E-state index in [9.17, 15) is 19.2 Å². The van der Waals surface area contributed by atoms with Gasteiger partial charge in [0.25, 0.3) is 11.8 Å². The molecule has 1 saturated heterocycles. The first kappa shape index (κ1) is 24.6. The van der Waals surface area contributed by atoms with E-state index in [1.54, 1.807) is 11.0 Å². The van der Waals surface area contributed by atoms with E-state index in [1.165, 1.54) is 6.08 Å². The van der Waals surface area contributed by atoms with Gasteiger partial charge in [-0.05, 0) is 67.1 Å². The van der Waals surface area contributed by atoms with Crippen molar-refractivity contribution in [2.45, 2.75) is 38.8 Å². The zero-order valence-corrected chi connectivity index (χ0v) is 21.0. The molecule has 1 unspecified atom stereocenters. The number of anilines is 2. The summed E-state index contributed by atoms with van der Waals surface area (Å²) in [5, 5.41) is 9.11. The van der Waals surface area contributed by atoms with Crippen LogP contribution in [0, 0.1) is 6.92 Å². The van der Waals surface area contributed by atoms with Crippen molar-refractivity contribution in [2.24, 2.45) is 0 Å². The molecular weight excluding hydrogens is 494 g/mol. The lowest BCUT2D eigenvalue weighted by atomic mass is 9.99. The maximum Gasteiger partial charge on any atom is 0.322 e. The minimum Gasteiger partial charge on any atom is -0.351 e. The molecule has 3 heterocycles. The van der Waals surface area contributed by atoms with E-state index in [2.05, 4.69) is 22.5 Å². The predicted octanol–water partition coefficient (Wildman–Crippen LogP) is 3.70. The highest BCUT2D eigenvalue weighted by atomic mass is 35.5. The highest BCUT2D eigenvalue weighted by Gasteiger charge is 2.41. The Morgan fingerprint density at radius 3 is 2.62 bits per heavy atom. The molecule has 37 heavy (non-hydrogen) atoms. The smallest absolute Gasteiger partial charge is 0.322 e. The molecule has 2 aromatic carbocycles. The summed E-state index contributed by atoms with van der Waals surface area (Å²) in [4.78, 5) is 53.5. The molecule has 3 aliphatic heterocycles. The number of allylic oxidation sites excluding steroid dienone is 1. The maximum absolute atomic E-state index is 13.0. The third-order valence-corrected chi connectivity index (χ3v) is 7.20. The second-order valence-corrected chi connectivity index (χ2v) is 9.80. The molecule has 0 saturated carbocycles. The largest absolute Gasteiger partial charge is 0.351 e. The van der Waals surface area contributed by atoms with Crippen LogP contribution in [0.3, 0.4) is 0 Å². The molecule has 0 aliphatic carbocycles. The second-order valence-electron chi connectivity index (χ2n) is 9.39. The van der Waals surface area contributed by atoms with Crippen LogP contribution in [0.1, 0.15) is 29.5 Å². The molecule has 0 radical (unpaired) electrons. The molecule has 5 amide bonds. The number of nitrogens with one attached hydrogen (secondary N) is 3. The number of urea groups is 1. The van der Waals surface area contributed by atoms with Gasteiger partial charge in [0.05, 0.1) is 0 Å². The highest BCUT2D eigenvalue weighted by Crippen LogP contribution is 2.28. The Hall–Kier alpha value is -4.11. The summed E-state index contributed by atoms with van der Waals surface area (Å²) in [5.74, 6) is -1.49. The predicted molar refractivity (Wildman–Crippen MR) is 140 cm³/mol. The van der Waals surface area contributed by atoms with Gasteiger partial charge >= 0.3 is 6.03 Å². The minimum absolute atomic E-state index is 0.101. The average molecular weight is 520 g/mol. The normalized spacial score (nSPS) is 19.4. The average Bonchev–Trinajstić information content (AvgIpc) is 3.13. The molecule has 9 nitrogen and oxygen atoms in total. The van der Waals surface area contributed by atoms with Crippen LogP contribution in [0.4, 0.5) is 16.2 Å². The van der Waals surface area contributed by atoms with Crippen LogP contribution in [-0.2, 0) is 27.3 Å².